The molecule has 22 heavy (non-hydrogen) atoms. The minimum Gasteiger partial charge on any atom is -0.465 e. The van der Waals surface area contributed by atoms with Gasteiger partial charge in [0.1, 0.15) is 12.1 Å². The Labute approximate surface area is 134 Å². The molecule has 7 nitrogen and oxygen atoms in total. The second-order valence-corrected chi connectivity index (χ2v) is 6.89. The van der Waals surface area contributed by atoms with Crippen molar-refractivity contribution < 1.29 is 19.5 Å². The zero-order valence-corrected chi connectivity index (χ0v) is 13.5. The molecule has 2 unspecified atom stereocenters. The molecule has 124 valence electrons. The minimum absolute atomic E-state index is 0.0285. The van der Waals surface area contributed by atoms with E-state index in [1.54, 1.807) is 16.7 Å². The van der Waals surface area contributed by atoms with E-state index in [0.29, 0.717) is 25.1 Å². The third kappa shape index (κ3) is 3.85. The lowest BCUT2D eigenvalue weighted by atomic mass is 9.99. The molecule has 0 aromatic carbocycles. The summed E-state index contributed by atoms with van der Waals surface area (Å²) in [6.07, 6.45) is 2.50. The summed E-state index contributed by atoms with van der Waals surface area (Å²) in [5, 5.41) is 14.0. The standard InChI is InChI=1S/C14H23N3O4S/c1-2-7-15-12(18)10-4-3-5-11-17(10)13(19)9(6-8-22-11)16-14(20)21/h9-11,16H,2-8H2,1H3,(H,15,18)(H,20,21)/t9?,10?,11-/m0/s1. The molecule has 0 aliphatic carbocycles. The molecule has 2 aliphatic heterocycles. The van der Waals surface area contributed by atoms with Gasteiger partial charge < -0.3 is 20.6 Å². The van der Waals surface area contributed by atoms with Crippen LogP contribution in [0.3, 0.4) is 0 Å². The van der Waals surface area contributed by atoms with Crippen LogP contribution in [0.4, 0.5) is 4.79 Å². The molecule has 0 aromatic heterocycles. The zero-order valence-electron chi connectivity index (χ0n) is 12.7. The predicted molar refractivity (Wildman–Crippen MR) is 83.6 cm³/mol. The van der Waals surface area contributed by atoms with Crippen LogP contribution in [0.2, 0.25) is 0 Å². The molecule has 0 radical (unpaired) electrons. The topological polar surface area (TPSA) is 98.7 Å². The van der Waals surface area contributed by atoms with Crippen LogP contribution in [0.25, 0.3) is 0 Å². The van der Waals surface area contributed by atoms with E-state index in [1.807, 2.05) is 6.92 Å². The minimum atomic E-state index is -1.20. The Morgan fingerprint density at radius 1 is 1.36 bits per heavy atom. The van der Waals surface area contributed by atoms with Gasteiger partial charge in [-0.05, 0) is 37.9 Å². The molecule has 2 aliphatic rings. The van der Waals surface area contributed by atoms with Gasteiger partial charge in [0, 0.05) is 6.54 Å². The SMILES string of the molecule is CCCNC(=O)C1CCC[C@@H]2SCCC(NC(=O)O)C(=O)N12. The first-order valence-corrected chi connectivity index (χ1v) is 8.80. The molecular formula is C14H23N3O4S. The van der Waals surface area contributed by atoms with Crippen LogP contribution in [0.1, 0.15) is 39.0 Å². The number of hydrogen-bond acceptors (Lipinski definition) is 4. The number of thioether (sulfide) groups is 1. The lowest BCUT2D eigenvalue weighted by Gasteiger charge is -2.40. The molecule has 3 N–H and O–H groups in total. The first kappa shape index (κ1) is 16.9. The lowest BCUT2D eigenvalue weighted by Crippen LogP contribution is -2.59. The Balaban J connectivity index is 2.16. The van der Waals surface area contributed by atoms with E-state index < -0.39 is 18.2 Å². The molecule has 2 fully saturated rings. The highest BCUT2D eigenvalue weighted by molar-refractivity contribution is 7.99. The first-order valence-electron chi connectivity index (χ1n) is 7.75. The average Bonchev–Trinajstić information content (AvgIpc) is 2.64. The van der Waals surface area contributed by atoms with Gasteiger partial charge in [-0.15, -0.1) is 11.8 Å². The maximum Gasteiger partial charge on any atom is 0.405 e. The van der Waals surface area contributed by atoms with Crippen molar-refractivity contribution in [3.8, 4) is 0 Å². The quantitative estimate of drug-likeness (QED) is 0.714. The summed E-state index contributed by atoms with van der Waals surface area (Å²) < 4.78 is 0. The number of hydrogen-bond donors (Lipinski definition) is 3. The smallest absolute Gasteiger partial charge is 0.405 e. The molecule has 3 amide bonds. The van der Waals surface area contributed by atoms with Crippen molar-refractivity contribution >= 4 is 29.7 Å². The number of fused-ring (bicyclic) bond motifs is 1. The Kier molecular flexibility index (Phi) is 5.93. The van der Waals surface area contributed by atoms with E-state index in [2.05, 4.69) is 10.6 Å². The number of nitrogens with zero attached hydrogens (tertiary/aromatic N) is 1. The summed E-state index contributed by atoms with van der Waals surface area (Å²) in [5.41, 5.74) is 0. The summed E-state index contributed by atoms with van der Waals surface area (Å²) in [4.78, 5) is 37.6. The summed E-state index contributed by atoms with van der Waals surface area (Å²) in [7, 11) is 0. The Bertz CT molecular complexity index is 446. The van der Waals surface area contributed by atoms with Crippen LogP contribution in [-0.4, -0.2) is 57.7 Å². The van der Waals surface area contributed by atoms with E-state index in [-0.39, 0.29) is 17.2 Å². The number of carbonyl (C=O) groups excluding carboxylic acids is 2. The summed E-state index contributed by atoms with van der Waals surface area (Å²) >= 11 is 1.64. The maximum atomic E-state index is 12.7. The highest BCUT2D eigenvalue weighted by Gasteiger charge is 2.42. The van der Waals surface area contributed by atoms with Gasteiger partial charge in [0.05, 0.1) is 5.37 Å². The molecule has 8 heteroatoms. The van der Waals surface area contributed by atoms with E-state index in [0.717, 1.165) is 19.3 Å². The van der Waals surface area contributed by atoms with Crippen molar-refractivity contribution in [2.24, 2.45) is 0 Å². The molecule has 0 spiro atoms. The fourth-order valence-electron chi connectivity index (χ4n) is 2.96. The van der Waals surface area contributed by atoms with Gasteiger partial charge in [-0.1, -0.05) is 6.92 Å². The highest BCUT2D eigenvalue weighted by atomic mass is 32.2. The number of nitrogens with one attached hydrogen (secondary N) is 2. The van der Waals surface area contributed by atoms with Gasteiger partial charge >= 0.3 is 6.09 Å². The van der Waals surface area contributed by atoms with Crippen molar-refractivity contribution in [1.82, 2.24) is 15.5 Å². The van der Waals surface area contributed by atoms with Crippen LogP contribution in [-0.2, 0) is 9.59 Å². The third-order valence-corrected chi connectivity index (χ3v) is 5.31. The van der Waals surface area contributed by atoms with Crippen molar-refractivity contribution in [1.29, 1.82) is 0 Å². The largest absolute Gasteiger partial charge is 0.465 e. The van der Waals surface area contributed by atoms with Crippen molar-refractivity contribution in [3.63, 3.8) is 0 Å². The molecule has 3 atom stereocenters. The number of carboxylic acid groups (broad SMARTS) is 1. The van der Waals surface area contributed by atoms with Gasteiger partial charge in [-0.25, -0.2) is 4.79 Å². The van der Waals surface area contributed by atoms with Gasteiger partial charge in [0.15, 0.2) is 0 Å². The molecule has 2 heterocycles. The number of carbonyl (C=O) groups is 3. The van der Waals surface area contributed by atoms with Crippen LogP contribution in [0.15, 0.2) is 0 Å². The van der Waals surface area contributed by atoms with Crippen molar-refractivity contribution in [3.05, 3.63) is 0 Å². The highest BCUT2D eigenvalue weighted by Crippen LogP contribution is 2.34. The van der Waals surface area contributed by atoms with Gasteiger partial charge in [-0.2, -0.15) is 0 Å². The maximum absolute atomic E-state index is 12.7. The van der Waals surface area contributed by atoms with Gasteiger partial charge in [0.2, 0.25) is 11.8 Å². The van der Waals surface area contributed by atoms with Gasteiger partial charge in [0.25, 0.3) is 0 Å². The summed E-state index contributed by atoms with van der Waals surface area (Å²) in [6.45, 7) is 2.57. The van der Waals surface area contributed by atoms with Crippen LogP contribution < -0.4 is 10.6 Å². The second kappa shape index (κ2) is 7.71. The second-order valence-electron chi connectivity index (χ2n) is 5.60. The van der Waals surface area contributed by atoms with Crippen LogP contribution >= 0.6 is 11.8 Å². The number of amides is 3. The zero-order chi connectivity index (χ0) is 16.1. The molecule has 0 saturated carbocycles. The Hall–Kier alpha value is -1.44. The number of rotatable bonds is 4. The van der Waals surface area contributed by atoms with Crippen LogP contribution in [0.5, 0.6) is 0 Å². The normalized spacial score (nSPS) is 28.5. The van der Waals surface area contributed by atoms with E-state index in [9.17, 15) is 14.4 Å². The molecular weight excluding hydrogens is 306 g/mol. The Morgan fingerprint density at radius 3 is 2.82 bits per heavy atom. The number of piperidine rings is 1. The average molecular weight is 329 g/mol. The summed E-state index contributed by atoms with van der Waals surface area (Å²) in [5.74, 6) is 0.312. The molecule has 0 bridgehead atoms. The van der Waals surface area contributed by atoms with E-state index in [1.165, 1.54) is 0 Å². The molecule has 0 aromatic rings. The van der Waals surface area contributed by atoms with Gasteiger partial charge in [-0.3, -0.25) is 9.59 Å². The fourth-order valence-corrected chi connectivity index (χ4v) is 4.34. The lowest BCUT2D eigenvalue weighted by molar-refractivity contribution is -0.144. The molecule has 2 rings (SSSR count). The summed E-state index contributed by atoms with van der Waals surface area (Å²) in [6, 6.07) is -1.24. The Morgan fingerprint density at radius 2 is 2.14 bits per heavy atom. The van der Waals surface area contributed by atoms with Crippen molar-refractivity contribution in [2.45, 2.75) is 56.5 Å². The van der Waals surface area contributed by atoms with E-state index in [4.69, 9.17) is 5.11 Å². The van der Waals surface area contributed by atoms with E-state index >= 15 is 0 Å². The van der Waals surface area contributed by atoms with Crippen molar-refractivity contribution in [2.75, 3.05) is 12.3 Å². The third-order valence-electron chi connectivity index (χ3n) is 3.99. The van der Waals surface area contributed by atoms with Crippen LogP contribution in [0, 0.1) is 0 Å². The monoisotopic (exact) mass is 329 g/mol. The predicted octanol–water partition coefficient (Wildman–Crippen LogP) is 0.993. The molecule has 2 saturated heterocycles. The fraction of sp³-hybridized carbons (Fsp3) is 0.786. The first-order chi connectivity index (χ1) is 10.5.